The first-order chi connectivity index (χ1) is 8.68. The molecular formula is C13H19BFNO3. The van der Waals surface area contributed by atoms with Crippen molar-refractivity contribution in [3.8, 4) is 5.75 Å². The van der Waals surface area contributed by atoms with Crippen molar-refractivity contribution in [3.63, 3.8) is 0 Å². The molecule has 0 spiro atoms. The van der Waals surface area contributed by atoms with Gasteiger partial charge in [0.25, 0.3) is 0 Å². The number of anilines is 1. The fourth-order valence-corrected chi connectivity index (χ4v) is 2.02. The average molecular weight is 267 g/mol. The van der Waals surface area contributed by atoms with Crippen LogP contribution in [0, 0.1) is 5.82 Å². The maximum atomic E-state index is 13.5. The molecule has 1 aliphatic rings. The van der Waals surface area contributed by atoms with Gasteiger partial charge in [0.2, 0.25) is 0 Å². The summed E-state index contributed by atoms with van der Waals surface area (Å²) in [4.78, 5) is 0. The van der Waals surface area contributed by atoms with Crippen LogP contribution in [0.2, 0.25) is 0 Å². The Morgan fingerprint density at radius 3 is 2.16 bits per heavy atom. The standard InChI is InChI=1S/C13H19BFNO3/c1-12(2)13(3,4)19-14(18-12)9-6-8(15)7-10(16)11(9)17-5/h6-7H,16H2,1-5H3. The zero-order valence-corrected chi connectivity index (χ0v) is 11.9. The van der Waals surface area contributed by atoms with Gasteiger partial charge in [0, 0.05) is 11.5 Å². The van der Waals surface area contributed by atoms with Crippen molar-refractivity contribution in [1.82, 2.24) is 0 Å². The third-order valence-electron chi connectivity index (χ3n) is 3.82. The number of benzene rings is 1. The molecule has 0 saturated carbocycles. The summed E-state index contributed by atoms with van der Waals surface area (Å²) in [5.74, 6) is -0.0529. The molecule has 19 heavy (non-hydrogen) atoms. The fourth-order valence-electron chi connectivity index (χ4n) is 2.02. The van der Waals surface area contributed by atoms with E-state index in [1.165, 1.54) is 19.2 Å². The molecule has 0 aliphatic carbocycles. The van der Waals surface area contributed by atoms with Crippen LogP contribution in [0.4, 0.5) is 10.1 Å². The number of hydrogen-bond acceptors (Lipinski definition) is 4. The SMILES string of the molecule is COc1c(N)cc(F)cc1B1OC(C)(C)C(C)(C)O1. The van der Waals surface area contributed by atoms with Crippen LogP contribution in [-0.2, 0) is 9.31 Å². The van der Waals surface area contributed by atoms with Crippen LogP contribution >= 0.6 is 0 Å². The van der Waals surface area contributed by atoms with E-state index in [0.29, 0.717) is 11.2 Å². The second-order valence-corrected chi connectivity index (χ2v) is 5.71. The van der Waals surface area contributed by atoms with E-state index in [1.807, 2.05) is 27.7 Å². The topological polar surface area (TPSA) is 53.7 Å². The van der Waals surface area contributed by atoms with E-state index in [-0.39, 0.29) is 5.69 Å². The Hall–Kier alpha value is -1.27. The highest BCUT2D eigenvalue weighted by Gasteiger charge is 2.52. The van der Waals surface area contributed by atoms with Crippen molar-refractivity contribution in [2.45, 2.75) is 38.9 Å². The van der Waals surface area contributed by atoms with Gasteiger partial charge < -0.3 is 19.8 Å². The average Bonchev–Trinajstić information content (AvgIpc) is 2.47. The van der Waals surface area contributed by atoms with Crippen LogP contribution in [0.15, 0.2) is 12.1 Å². The molecule has 1 aromatic carbocycles. The smallest absolute Gasteiger partial charge is 0.495 e. The second kappa shape index (κ2) is 4.39. The molecule has 1 aliphatic heterocycles. The third-order valence-corrected chi connectivity index (χ3v) is 3.82. The summed E-state index contributed by atoms with van der Waals surface area (Å²) in [6, 6.07) is 2.55. The molecule has 0 amide bonds. The first-order valence-corrected chi connectivity index (χ1v) is 6.16. The summed E-state index contributed by atoms with van der Waals surface area (Å²) in [7, 11) is 0.788. The van der Waals surface area contributed by atoms with Gasteiger partial charge in [0.05, 0.1) is 24.0 Å². The van der Waals surface area contributed by atoms with Gasteiger partial charge in [-0.05, 0) is 33.8 Å². The molecular weight excluding hydrogens is 248 g/mol. The van der Waals surface area contributed by atoms with Crippen molar-refractivity contribution in [2.75, 3.05) is 12.8 Å². The van der Waals surface area contributed by atoms with Crippen LogP contribution in [0.5, 0.6) is 5.75 Å². The molecule has 4 nitrogen and oxygen atoms in total. The zero-order valence-electron chi connectivity index (χ0n) is 11.9. The van der Waals surface area contributed by atoms with Gasteiger partial charge >= 0.3 is 7.12 Å². The summed E-state index contributed by atoms with van der Waals surface area (Å²) < 4.78 is 30.5. The molecule has 1 saturated heterocycles. The maximum Gasteiger partial charge on any atom is 0.498 e. The molecule has 6 heteroatoms. The van der Waals surface area contributed by atoms with Crippen molar-refractivity contribution in [3.05, 3.63) is 17.9 Å². The van der Waals surface area contributed by atoms with Crippen molar-refractivity contribution in [1.29, 1.82) is 0 Å². The van der Waals surface area contributed by atoms with E-state index >= 15 is 0 Å². The Kier molecular flexibility index (Phi) is 3.27. The van der Waals surface area contributed by atoms with Crippen molar-refractivity contribution < 1.29 is 18.4 Å². The van der Waals surface area contributed by atoms with E-state index in [2.05, 4.69) is 0 Å². The number of ether oxygens (including phenoxy) is 1. The lowest BCUT2D eigenvalue weighted by atomic mass is 9.78. The molecule has 1 fully saturated rings. The second-order valence-electron chi connectivity index (χ2n) is 5.71. The van der Waals surface area contributed by atoms with Gasteiger partial charge in [-0.3, -0.25) is 0 Å². The molecule has 0 radical (unpaired) electrons. The van der Waals surface area contributed by atoms with Gasteiger partial charge in [0.1, 0.15) is 11.6 Å². The largest absolute Gasteiger partial charge is 0.498 e. The Morgan fingerprint density at radius 1 is 1.16 bits per heavy atom. The lowest BCUT2D eigenvalue weighted by Gasteiger charge is -2.32. The van der Waals surface area contributed by atoms with Crippen LogP contribution in [0.25, 0.3) is 0 Å². The summed E-state index contributed by atoms with van der Waals surface area (Å²) >= 11 is 0. The molecule has 0 unspecified atom stereocenters. The van der Waals surface area contributed by atoms with Gasteiger partial charge in [0.15, 0.2) is 0 Å². The van der Waals surface area contributed by atoms with E-state index in [0.717, 1.165) is 0 Å². The van der Waals surface area contributed by atoms with E-state index in [9.17, 15) is 4.39 Å². The number of nitrogen functional groups attached to an aromatic ring is 1. The summed E-state index contributed by atoms with van der Waals surface area (Å²) in [6.45, 7) is 7.73. The first kappa shape index (κ1) is 14.2. The number of rotatable bonds is 2. The highest BCUT2D eigenvalue weighted by atomic mass is 19.1. The summed E-state index contributed by atoms with van der Waals surface area (Å²) in [5.41, 5.74) is 5.47. The molecule has 1 aromatic rings. The van der Waals surface area contributed by atoms with Gasteiger partial charge in [-0.25, -0.2) is 4.39 Å². The van der Waals surface area contributed by atoms with Gasteiger partial charge in [-0.2, -0.15) is 0 Å². The number of nitrogens with two attached hydrogens (primary N) is 1. The molecule has 0 bridgehead atoms. The Morgan fingerprint density at radius 2 is 1.68 bits per heavy atom. The minimum absolute atomic E-state index is 0.229. The van der Waals surface area contributed by atoms with Crippen LogP contribution in [0.1, 0.15) is 27.7 Å². The molecule has 1 heterocycles. The normalized spacial score (nSPS) is 20.6. The van der Waals surface area contributed by atoms with Crippen LogP contribution < -0.4 is 15.9 Å². The van der Waals surface area contributed by atoms with Crippen LogP contribution in [-0.4, -0.2) is 25.4 Å². The highest BCUT2D eigenvalue weighted by Crippen LogP contribution is 2.37. The number of hydrogen-bond donors (Lipinski definition) is 1. The monoisotopic (exact) mass is 267 g/mol. The van der Waals surface area contributed by atoms with Crippen molar-refractivity contribution >= 4 is 18.3 Å². The third kappa shape index (κ3) is 2.30. The molecule has 0 atom stereocenters. The number of methoxy groups -OCH3 is 1. The molecule has 2 N–H and O–H groups in total. The lowest BCUT2D eigenvalue weighted by Crippen LogP contribution is -2.41. The van der Waals surface area contributed by atoms with Gasteiger partial charge in [-0.15, -0.1) is 0 Å². The highest BCUT2D eigenvalue weighted by molar-refractivity contribution is 6.63. The predicted molar refractivity (Wildman–Crippen MR) is 73.1 cm³/mol. The summed E-state index contributed by atoms with van der Waals surface area (Å²) in [6.07, 6.45) is 0. The maximum absolute atomic E-state index is 13.5. The van der Waals surface area contributed by atoms with E-state index < -0.39 is 24.1 Å². The zero-order chi connectivity index (χ0) is 14.4. The Balaban J connectivity index is 2.45. The quantitative estimate of drug-likeness (QED) is 0.654. The van der Waals surface area contributed by atoms with Gasteiger partial charge in [-0.1, -0.05) is 0 Å². The molecule has 0 aromatic heterocycles. The minimum Gasteiger partial charge on any atom is -0.495 e. The minimum atomic E-state index is -0.696. The van der Waals surface area contributed by atoms with Crippen LogP contribution in [0.3, 0.4) is 0 Å². The Labute approximate surface area is 113 Å². The fraction of sp³-hybridized carbons (Fsp3) is 0.538. The first-order valence-electron chi connectivity index (χ1n) is 6.16. The molecule has 2 rings (SSSR count). The number of halogens is 1. The Bertz CT molecular complexity index is 489. The summed E-state index contributed by atoms with van der Waals surface area (Å²) in [5, 5.41) is 0. The van der Waals surface area contributed by atoms with E-state index in [4.69, 9.17) is 19.8 Å². The van der Waals surface area contributed by atoms with Crippen molar-refractivity contribution in [2.24, 2.45) is 0 Å². The molecule has 104 valence electrons. The lowest BCUT2D eigenvalue weighted by molar-refractivity contribution is 0.00578. The predicted octanol–water partition coefficient (Wildman–Crippen LogP) is 1.72. The van der Waals surface area contributed by atoms with E-state index in [1.54, 1.807) is 0 Å².